The van der Waals surface area contributed by atoms with Gasteiger partial charge in [0.15, 0.2) is 0 Å². The molecule has 3 amide bonds. The van der Waals surface area contributed by atoms with Gasteiger partial charge in [-0.1, -0.05) is 12.1 Å². The van der Waals surface area contributed by atoms with Crippen LogP contribution in [0.4, 0.5) is 16.2 Å². The van der Waals surface area contributed by atoms with Crippen molar-refractivity contribution >= 4 is 29.3 Å². The van der Waals surface area contributed by atoms with Gasteiger partial charge in [-0.15, -0.1) is 0 Å². The van der Waals surface area contributed by atoms with Gasteiger partial charge < -0.3 is 20.3 Å². The van der Waals surface area contributed by atoms with Crippen LogP contribution in [0.5, 0.6) is 0 Å². The minimum atomic E-state index is -0.966. The fourth-order valence-electron chi connectivity index (χ4n) is 2.68. The summed E-state index contributed by atoms with van der Waals surface area (Å²) in [7, 11) is 1.32. The number of ether oxygens (including phenoxy) is 1. The standard InChI is InChI=1S/C16H20N4O6/c1-26-16(23)19-8-6-11(7-9-19)10-17-14(21)15(22)18-12-4-2-3-5-13(12)20(24)25/h2-5,11H,6-10H2,1H3,(H,17,21)(H,18,22). The van der Waals surface area contributed by atoms with Crippen molar-refractivity contribution < 1.29 is 24.0 Å². The molecule has 0 aromatic heterocycles. The highest BCUT2D eigenvalue weighted by Crippen LogP contribution is 2.23. The van der Waals surface area contributed by atoms with E-state index in [9.17, 15) is 24.5 Å². The normalized spacial score (nSPS) is 14.4. The topological polar surface area (TPSA) is 131 Å². The van der Waals surface area contributed by atoms with Gasteiger partial charge in [0.25, 0.3) is 5.69 Å². The molecule has 1 aliphatic rings. The van der Waals surface area contributed by atoms with E-state index in [4.69, 9.17) is 0 Å². The number of carbonyl (C=O) groups is 3. The summed E-state index contributed by atoms with van der Waals surface area (Å²) in [5.74, 6) is -1.69. The minimum Gasteiger partial charge on any atom is -0.453 e. The van der Waals surface area contributed by atoms with Gasteiger partial charge in [0.2, 0.25) is 0 Å². The zero-order chi connectivity index (χ0) is 19.1. The molecule has 0 unspecified atom stereocenters. The van der Waals surface area contributed by atoms with Crippen LogP contribution in [0.1, 0.15) is 12.8 Å². The van der Waals surface area contributed by atoms with Crippen molar-refractivity contribution in [3.05, 3.63) is 34.4 Å². The van der Waals surface area contributed by atoms with E-state index in [1.165, 1.54) is 31.4 Å². The number of carbonyl (C=O) groups excluding carboxylic acids is 3. The van der Waals surface area contributed by atoms with Gasteiger partial charge in [0, 0.05) is 25.7 Å². The zero-order valence-electron chi connectivity index (χ0n) is 14.3. The molecule has 1 aromatic rings. The molecule has 1 saturated heterocycles. The summed E-state index contributed by atoms with van der Waals surface area (Å²) in [6.45, 7) is 1.34. The predicted octanol–water partition coefficient (Wildman–Crippen LogP) is 1.13. The number of benzene rings is 1. The quantitative estimate of drug-likeness (QED) is 0.468. The number of para-hydroxylation sites is 2. The van der Waals surface area contributed by atoms with Gasteiger partial charge in [0.05, 0.1) is 12.0 Å². The largest absolute Gasteiger partial charge is 0.453 e. The Labute approximate surface area is 149 Å². The summed E-state index contributed by atoms with van der Waals surface area (Å²) in [5.41, 5.74) is -0.326. The van der Waals surface area contributed by atoms with Gasteiger partial charge in [-0.2, -0.15) is 0 Å². The number of nitro groups is 1. The van der Waals surface area contributed by atoms with E-state index in [0.717, 1.165) is 0 Å². The predicted molar refractivity (Wildman–Crippen MR) is 91.4 cm³/mol. The number of hydrogen-bond acceptors (Lipinski definition) is 6. The molecule has 1 fully saturated rings. The van der Waals surface area contributed by atoms with E-state index in [-0.39, 0.29) is 29.9 Å². The Morgan fingerprint density at radius 2 is 1.88 bits per heavy atom. The first-order valence-corrected chi connectivity index (χ1v) is 8.08. The summed E-state index contributed by atoms with van der Waals surface area (Å²) < 4.78 is 4.65. The summed E-state index contributed by atoms with van der Waals surface area (Å²) >= 11 is 0. The molecular weight excluding hydrogens is 344 g/mol. The molecule has 0 atom stereocenters. The van der Waals surface area contributed by atoms with Crippen molar-refractivity contribution in [2.24, 2.45) is 5.92 Å². The maximum Gasteiger partial charge on any atom is 0.409 e. The summed E-state index contributed by atoms with van der Waals surface area (Å²) in [6, 6.07) is 5.58. The number of nitrogens with zero attached hydrogens (tertiary/aromatic N) is 2. The van der Waals surface area contributed by atoms with Crippen molar-refractivity contribution in [3.8, 4) is 0 Å². The monoisotopic (exact) mass is 364 g/mol. The van der Waals surface area contributed by atoms with E-state index in [1.807, 2.05) is 0 Å². The molecular formula is C16H20N4O6. The average molecular weight is 364 g/mol. The summed E-state index contributed by atoms with van der Waals surface area (Å²) in [6.07, 6.45) is 0.985. The molecule has 0 aliphatic carbocycles. The number of nitro benzene ring substituents is 1. The second-order valence-corrected chi connectivity index (χ2v) is 5.84. The average Bonchev–Trinajstić information content (AvgIpc) is 2.66. The second kappa shape index (κ2) is 8.79. The Morgan fingerprint density at radius 1 is 1.23 bits per heavy atom. The lowest BCUT2D eigenvalue weighted by Crippen LogP contribution is -2.43. The van der Waals surface area contributed by atoms with Crippen molar-refractivity contribution in [2.45, 2.75) is 12.8 Å². The van der Waals surface area contributed by atoms with E-state index < -0.39 is 16.7 Å². The van der Waals surface area contributed by atoms with E-state index >= 15 is 0 Å². The van der Waals surface area contributed by atoms with Crippen LogP contribution in [0.25, 0.3) is 0 Å². The summed E-state index contributed by atoms with van der Waals surface area (Å²) in [4.78, 5) is 47.1. The molecule has 10 heteroatoms. The van der Waals surface area contributed by atoms with E-state index in [1.54, 1.807) is 4.90 Å². The molecule has 0 spiro atoms. The number of rotatable bonds is 4. The number of likely N-dealkylation sites (tertiary alicyclic amines) is 1. The zero-order valence-corrected chi connectivity index (χ0v) is 14.3. The van der Waals surface area contributed by atoms with Crippen LogP contribution >= 0.6 is 0 Å². The number of amides is 3. The molecule has 2 rings (SSSR count). The first-order chi connectivity index (χ1) is 12.4. The highest BCUT2D eigenvalue weighted by Gasteiger charge is 2.25. The molecule has 0 saturated carbocycles. The third kappa shape index (κ3) is 4.91. The number of methoxy groups -OCH3 is 1. The van der Waals surface area contributed by atoms with Crippen LogP contribution < -0.4 is 10.6 Å². The smallest absolute Gasteiger partial charge is 0.409 e. The Bertz CT molecular complexity index is 700. The van der Waals surface area contributed by atoms with Crippen molar-refractivity contribution in [1.29, 1.82) is 0 Å². The molecule has 2 N–H and O–H groups in total. The van der Waals surface area contributed by atoms with Crippen LogP contribution in [0.2, 0.25) is 0 Å². The number of anilines is 1. The molecule has 10 nitrogen and oxygen atoms in total. The molecule has 1 heterocycles. The van der Waals surface area contributed by atoms with Crippen LogP contribution in [0, 0.1) is 16.0 Å². The number of nitrogens with one attached hydrogen (secondary N) is 2. The highest BCUT2D eigenvalue weighted by atomic mass is 16.6. The molecule has 0 radical (unpaired) electrons. The Balaban J connectivity index is 1.81. The van der Waals surface area contributed by atoms with Gasteiger partial charge >= 0.3 is 17.9 Å². The van der Waals surface area contributed by atoms with Gasteiger partial charge in [-0.25, -0.2) is 4.79 Å². The minimum absolute atomic E-state index is 0.0379. The first-order valence-electron chi connectivity index (χ1n) is 8.08. The van der Waals surface area contributed by atoms with Gasteiger partial charge in [-0.3, -0.25) is 19.7 Å². The van der Waals surface area contributed by atoms with Crippen LogP contribution in [-0.2, 0) is 14.3 Å². The maximum absolute atomic E-state index is 11.9. The van der Waals surface area contributed by atoms with Crippen LogP contribution in [-0.4, -0.2) is 54.5 Å². The molecule has 1 aliphatic heterocycles. The highest BCUT2D eigenvalue weighted by molar-refractivity contribution is 6.39. The lowest BCUT2D eigenvalue weighted by atomic mass is 9.97. The van der Waals surface area contributed by atoms with Crippen molar-refractivity contribution in [3.63, 3.8) is 0 Å². The SMILES string of the molecule is COC(=O)N1CCC(CNC(=O)C(=O)Nc2ccccc2[N+](=O)[O-])CC1. The van der Waals surface area contributed by atoms with Gasteiger partial charge in [-0.05, 0) is 24.8 Å². The fourth-order valence-corrected chi connectivity index (χ4v) is 2.68. The summed E-state index contributed by atoms with van der Waals surface area (Å²) in [5, 5.41) is 15.7. The molecule has 26 heavy (non-hydrogen) atoms. The Kier molecular flexibility index (Phi) is 6.48. The Morgan fingerprint density at radius 3 is 2.50 bits per heavy atom. The second-order valence-electron chi connectivity index (χ2n) is 5.84. The molecule has 140 valence electrons. The van der Waals surface area contributed by atoms with E-state index in [2.05, 4.69) is 15.4 Å². The molecule has 1 aromatic carbocycles. The third-order valence-corrected chi connectivity index (χ3v) is 4.15. The number of piperidine rings is 1. The van der Waals surface area contributed by atoms with Gasteiger partial charge in [0.1, 0.15) is 5.69 Å². The maximum atomic E-state index is 11.9. The third-order valence-electron chi connectivity index (χ3n) is 4.15. The fraction of sp³-hybridized carbons (Fsp3) is 0.438. The first kappa shape index (κ1) is 19.2. The lowest BCUT2D eigenvalue weighted by Gasteiger charge is -2.30. The number of hydrogen-bond donors (Lipinski definition) is 2. The van der Waals surface area contributed by atoms with Crippen LogP contribution in [0.15, 0.2) is 24.3 Å². The van der Waals surface area contributed by atoms with E-state index in [0.29, 0.717) is 25.9 Å². The Hall–Kier alpha value is -3.17. The van der Waals surface area contributed by atoms with Crippen molar-refractivity contribution in [1.82, 2.24) is 10.2 Å². The van der Waals surface area contributed by atoms with Crippen LogP contribution in [0.3, 0.4) is 0 Å². The lowest BCUT2D eigenvalue weighted by molar-refractivity contribution is -0.383. The van der Waals surface area contributed by atoms with Crippen molar-refractivity contribution in [2.75, 3.05) is 32.1 Å². The molecule has 0 bridgehead atoms.